The third kappa shape index (κ3) is 5.47. The Kier molecular flexibility index (Phi) is 5.74. The normalized spacial score (nSPS) is 10.9. The van der Waals surface area contributed by atoms with E-state index in [9.17, 15) is 9.90 Å². The maximum atomic E-state index is 11.7. The molecule has 0 aliphatic heterocycles. The number of amides is 1. The zero-order valence-corrected chi connectivity index (χ0v) is 13.2. The number of rotatable bonds is 6. The van der Waals surface area contributed by atoms with Crippen LogP contribution >= 0.6 is 0 Å². The minimum atomic E-state index is -0.338. The monoisotopic (exact) mass is 312 g/mol. The second-order valence-electron chi connectivity index (χ2n) is 5.40. The maximum Gasteiger partial charge on any atom is 0.277 e. The molecule has 2 N–H and O–H groups in total. The van der Waals surface area contributed by atoms with Crippen molar-refractivity contribution >= 4 is 12.1 Å². The first-order valence-corrected chi connectivity index (χ1v) is 7.38. The van der Waals surface area contributed by atoms with Gasteiger partial charge in [-0.15, -0.1) is 0 Å². The fraction of sp³-hybridized carbons (Fsp3) is 0.222. The first kappa shape index (κ1) is 16.5. The van der Waals surface area contributed by atoms with Crippen LogP contribution in [0.2, 0.25) is 0 Å². The van der Waals surface area contributed by atoms with E-state index in [1.807, 2.05) is 24.3 Å². The van der Waals surface area contributed by atoms with Gasteiger partial charge >= 0.3 is 0 Å². The van der Waals surface area contributed by atoms with Gasteiger partial charge in [0.25, 0.3) is 5.91 Å². The molecule has 0 atom stereocenters. The Morgan fingerprint density at radius 3 is 2.70 bits per heavy atom. The first-order valence-electron chi connectivity index (χ1n) is 7.38. The molecule has 2 aromatic rings. The Bertz CT molecular complexity index is 679. The van der Waals surface area contributed by atoms with Crippen LogP contribution in [0.5, 0.6) is 11.5 Å². The van der Waals surface area contributed by atoms with Crippen molar-refractivity contribution in [2.75, 3.05) is 6.61 Å². The third-order valence-corrected chi connectivity index (χ3v) is 3.19. The van der Waals surface area contributed by atoms with Crippen LogP contribution in [-0.2, 0) is 4.79 Å². The van der Waals surface area contributed by atoms with Crippen molar-refractivity contribution in [1.29, 1.82) is 0 Å². The number of hydrogen-bond donors (Lipinski definition) is 2. The Morgan fingerprint density at radius 2 is 2.00 bits per heavy atom. The minimum absolute atomic E-state index is 0.103. The zero-order valence-electron chi connectivity index (χ0n) is 13.2. The highest BCUT2D eigenvalue weighted by Crippen LogP contribution is 2.19. The molecule has 0 aromatic heterocycles. The van der Waals surface area contributed by atoms with Crippen molar-refractivity contribution in [1.82, 2.24) is 5.43 Å². The fourth-order valence-electron chi connectivity index (χ4n) is 1.88. The Labute approximate surface area is 135 Å². The smallest absolute Gasteiger partial charge is 0.277 e. The van der Waals surface area contributed by atoms with Crippen molar-refractivity contribution in [3.63, 3.8) is 0 Å². The number of ether oxygens (including phenoxy) is 1. The van der Waals surface area contributed by atoms with Gasteiger partial charge in [0.2, 0.25) is 0 Å². The average Bonchev–Trinajstić information content (AvgIpc) is 2.55. The van der Waals surface area contributed by atoms with E-state index in [4.69, 9.17) is 4.74 Å². The summed E-state index contributed by atoms with van der Waals surface area (Å²) < 4.78 is 5.46. The fourth-order valence-corrected chi connectivity index (χ4v) is 1.88. The summed E-state index contributed by atoms with van der Waals surface area (Å²) in [6.45, 7) is 4.10. The molecule has 23 heavy (non-hydrogen) atoms. The number of carbonyl (C=O) groups is 1. The van der Waals surface area contributed by atoms with E-state index in [0.29, 0.717) is 11.7 Å². The lowest BCUT2D eigenvalue weighted by molar-refractivity contribution is -0.123. The Balaban J connectivity index is 1.81. The van der Waals surface area contributed by atoms with Crippen LogP contribution in [0.15, 0.2) is 53.6 Å². The van der Waals surface area contributed by atoms with Gasteiger partial charge in [-0.1, -0.05) is 26.0 Å². The van der Waals surface area contributed by atoms with Crippen LogP contribution in [0.3, 0.4) is 0 Å². The highest BCUT2D eigenvalue weighted by molar-refractivity contribution is 5.83. The van der Waals surface area contributed by atoms with Crippen LogP contribution < -0.4 is 10.2 Å². The van der Waals surface area contributed by atoms with Crippen LogP contribution in [0.4, 0.5) is 0 Å². The highest BCUT2D eigenvalue weighted by atomic mass is 16.5. The zero-order chi connectivity index (χ0) is 16.7. The molecule has 0 saturated carbocycles. The van der Waals surface area contributed by atoms with Crippen LogP contribution in [0.25, 0.3) is 0 Å². The predicted molar refractivity (Wildman–Crippen MR) is 89.9 cm³/mol. The van der Waals surface area contributed by atoms with Crippen molar-refractivity contribution < 1.29 is 14.6 Å². The van der Waals surface area contributed by atoms with Crippen LogP contribution in [0, 0.1) is 0 Å². The van der Waals surface area contributed by atoms with Gasteiger partial charge in [-0.25, -0.2) is 5.43 Å². The molecule has 0 saturated heterocycles. The molecular weight excluding hydrogens is 292 g/mol. The van der Waals surface area contributed by atoms with Crippen LogP contribution in [-0.4, -0.2) is 23.8 Å². The van der Waals surface area contributed by atoms with Crippen molar-refractivity contribution in [3.05, 3.63) is 59.7 Å². The van der Waals surface area contributed by atoms with Gasteiger partial charge in [0, 0.05) is 0 Å². The van der Waals surface area contributed by atoms with Gasteiger partial charge in [0.1, 0.15) is 11.5 Å². The summed E-state index contributed by atoms with van der Waals surface area (Å²) in [5, 5.41) is 13.0. The molecule has 2 aromatic carbocycles. The van der Waals surface area contributed by atoms with E-state index in [1.165, 1.54) is 6.21 Å². The van der Waals surface area contributed by atoms with Gasteiger partial charge < -0.3 is 9.84 Å². The summed E-state index contributed by atoms with van der Waals surface area (Å²) in [6, 6.07) is 14.2. The molecule has 120 valence electrons. The van der Waals surface area contributed by atoms with Gasteiger partial charge in [-0.3, -0.25) is 4.79 Å². The van der Waals surface area contributed by atoms with Gasteiger partial charge in [0.15, 0.2) is 6.61 Å². The van der Waals surface area contributed by atoms with E-state index in [1.54, 1.807) is 24.3 Å². The standard InChI is InChI=1S/C18H20N2O3/c1-13(2)15-4-3-5-17(10-15)23-12-18(22)20-19-11-14-6-8-16(21)9-7-14/h3-11,13,21H,12H2,1-2H3,(H,20,22)/b19-11+. The Hall–Kier alpha value is -2.82. The highest BCUT2D eigenvalue weighted by Gasteiger charge is 2.04. The number of phenols is 1. The summed E-state index contributed by atoms with van der Waals surface area (Å²) in [7, 11) is 0. The molecule has 0 aliphatic rings. The predicted octanol–water partition coefficient (Wildman–Crippen LogP) is 3.04. The van der Waals surface area contributed by atoms with Crippen LogP contribution in [0.1, 0.15) is 30.9 Å². The molecule has 2 rings (SSSR count). The number of nitrogens with zero attached hydrogens (tertiary/aromatic N) is 1. The summed E-state index contributed by atoms with van der Waals surface area (Å²) in [4.78, 5) is 11.7. The number of phenolic OH excluding ortho intramolecular Hbond substituents is 1. The lowest BCUT2D eigenvalue weighted by Crippen LogP contribution is -2.24. The molecule has 5 heteroatoms. The average molecular weight is 312 g/mol. The molecular formula is C18H20N2O3. The third-order valence-electron chi connectivity index (χ3n) is 3.19. The number of hydrogen-bond acceptors (Lipinski definition) is 4. The number of benzene rings is 2. The summed E-state index contributed by atoms with van der Waals surface area (Å²) in [6.07, 6.45) is 1.50. The number of aromatic hydroxyl groups is 1. The molecule has 0 fully saturated rings. The van der Waals surface area contributed by atoms with Crippen molar-refractivity contribution in [2.45, 2.75) is 19.8 Å². The minimum Gasteiger partial charge on any atom is -0.508 e. The number of nitrogens with one attached hydrogen (secondary N) is 1. The summed E-state index contributed by atoms with van der Waals surface area (Å²) in [5.74, 6) is 0.911. The van der Waals surface area contributed by atoms with E-state index in [0.717, 1.165) is 11.1 Å². The largest absolute Gasteiger partial charge is 0.508 e. The number of hydrazone groups is 1. The van der Waals surface area contributed by atoms with Gasteiger partial charge in [0.05, 0.1) is 6.21 Å². The molecule has 0 unspecified atom stereocenters. The van der Waals surface area contributed by atoms with E-state index < -0.39 is 0 Å². The second kappa shape index (κ2) is 7.98. The molecule has 5 nitrogen and oxygen atoms in total. The van der Waals surface area contributed by atoms with E-state index in [2.05, 4.69) is 24.4 Å². The maximum absolute atomic E-state index is 11.7. The van der Waals surface area contributed by atoms with E-state index >= 15 is 0 Å². The molecule has 0 radical (unpaired) electrons. The summed E-state index contributed by atoms with van der Waals surface area (Å²) in [5.41, 5.74) is 4.33. The van der Waals surface area contributed by atoms with Gasteiger partial charge in [-0.05, 0) is 53.4 Å². The first-order chi connectivity index (χ1) is 11.0. The lowest BCUT2D eigenvalue weighted by Gasteiger charge is -2.09. The van der Waals surface area contributed by atoms with Gasteiger partial charge in [-0.2, -0.15) is 5.10 Å². The molecule has 0 heterocycles. The van der Waals surface area contributed by atoms with Crippen molar-refractivity contribution in [3.8, 4) is 11.5 Å². The number of carbonyl (C=O) groups excluding carboxylic acids is 1. The summed E-state index contributed by atoms with van der Waals surface area (Å²) >= 11 is 0. The second-order valence-corrected chi connectivity index (χ2v) is 5.40. The molecule has 0 spiro atoms. The van der Waals surface area contributed by atoms with Crippen molar-refractivity contribution in [2.24, 2.45) is 5.10 Å². The Morgan fingerprint density at radius 1 is 1.26 bits per heavy atom. The quantitative estimate of drug-likeness (QED) is 0.636. The molecule has 0 aliphatic carbocycles. The lowest BCUT2D eigenvalue weighted by atomic mass is 10.0. The molecule has 0 bridgehead atoms. The SMILES string of the molecule is CC(C)c1cccc(OCC(=O)N/N=C/c2ccc(O)cc2)c1. The molecule has 1 amide bonds. The topological polar surface area (TPSA) is 70.9 Å². The van der Waals surface area contributed by atoms with E-state index in [-0.39, 0.29) is 18.3 Å².